The van der Waals surface area contributed by atoms with E-state index in [0.717, 1.165) is 5.56 Å². The highest BCUT2D eigenvalue weighted by Crippen LogP contribution is 2.17. The molecule has 0 unspecified atom stereocenters. The molecule has 0 amide bonds. The number of hydrogen-bond donors (Lipinski definition) is 0. The Balaban J connectivity index is 3.05. The van der Waals surface area contributed by atoms with Crippen LogP contribution in [0.15, 0.2) is 24.3 Å². The van der Waals surface area contributed by atoms with Crippen molar-refractivity contribution in [2.45, 2.75) is 19.8 Å². The molecular weight excluding hydrogens is 134 g/mol. The summed E-state index contributed by atoms with van der Waals surface area (Å²) in [5.74, 6) is 0.0104. The number of aryl methyl sites for hydroxylation is 1. The van der Waals surface area contributed by atoms with Crippen LogP contribution in [-0.4, -0.2) is 0 Å². The maximum atomic E-state index is 8.66. The number of hydrogen-bond acceptors (Lipinski definition) is 1. The Morgan fingerprint density at radius 2 is 2.00 bits per heavy atom. The van der Waals surface area contributed by atoms with E-state index in [1.165, 1.54) is 5.56 Å². The molecule has 0 saturated heterocycles. The van der Waals surface area contributed by atoms with Gasteiger partial charge in [-0.2, -0.15) is 5.26 Å². The summed E-state index contributed by atoms with van der Waals surface area (Å²) in [5.41, 5.74) is 2.33. The monoisotopic (exact) mass is 145 g/mol. The van der Waals surface area contributed by atoms with Crippen LogP contribution in [0, 0.1) is 18.3 Å². The number of rotatable bonds is 1. The molecule has 1 atom stereocenters. The van der Waals surface area contributed by atoms with Gasteiger partial charge in [-0.15, -0.1) is 0 Å². The second-order valence-electron chi connectivity index (χ2n) is 2.71. The van der Waals surface area contributed by atoms with Crippen LogP contribution in [0.4, 0.5) is 0 Å². The van der Waals surface area contributed by atoms with Gasteiger partial charge in [-0.3, -0.25) is 0 Å². The maximum Gasteiger partial charge on any atom is 0.0700 e. The standard InChI is InChI=1S/C10H11N/c1-8-5-3-4-6-10(8)9(2)7-11/h3-6,9H,1-2H3/t9-/m0/s1. The van der Waals surface area contributed by atoms with Gasteiger partial charge in [0.15, 0.2) is 0 Å². The first-order chi connectivity index (χ1) is 5.25. The zero-order valence-corrected chi connectivity index (χ0v) is 6.83. The minimum atomic E-state index is 0.0104. The van der Waals surface area contributed by atoms with E-state index in [1.807, 2.05) is 38.1 Å². The molecule has 0 aliphatic rings. The molecule has 56 valence electrons. The van der Waals surface area contributed by atoms with Crippen LogP contribution in [-0.2, 0) is 0 Å². The fourth-order valence-corrected chi connectivity index (χ4v) is 1.14. The fraction of sp³-hybridized carbons (Fsp3) is 0.300. The highest BCUT2D eigenvalue weighted by Gasteiger charge is 2.04. The van der Waals surface area contributed by atoms with Gasteiger partial charge in [0.1, 0.15) is 0 Å². The average Bonchev–Trinajstić information content (AvgIpc) is 2.04. The normalized spacial score (nSPS) is 12.1. The van der Waals surface area contributed by atoms with Crippen LogP contribution in [0.3, 0.4) is 0 Å². The first kappa shape index (κ1) is 7.81. The van der Waals surface area contributed by atoms with E-state index < -0.39 is 0 Å². The molecule has 0 bridgehead atoms. The molecule has 0 aromatic heterocycles. The Morgan fingerprint density at radius 1 is 1.36 bits per heavy atom. The lowest BCUT2D eigenvalue weighted by molar-refractivity contribution is 0.966. The molecule has 1 aromatic carbocycles. The second-order valence-corrected chi connectivity index (χ2v) is 2.71. The van der Waals surface area contributed by atoms with E-state index in [0.29, 0.717) is 0 Å². The minimum absolute atomic E-state index is 0.0104. The highest BCUT2D eigenvalue weighted by atomic mass is 14.3. The van der Waals surface area contributed by atoms with Crippen molar-refractivity contribution in [3.63, 3.8) is 0 Å². The first-order valence-electron chi connectivity index (χ1n) is 3.71. The van der Waals surface area contributed by atoms with Crippen LogP contribution in [0.1, 0.15) is 24.0 Å². The van der Waals surface area contributed by atoms with E-state index in [2.05, 4.69) is 6.07 Å². The van der Waals surface area contributed by atoms with Crippen molar-refractivity contribution >= 4 is 0 Å². The minimum Gasteiger partial charge on any atom is -0.198 e. The number of nitriles is 1. The van der Waals surface area contributed by atoms with E-state index in [4.69, 9.17) is 5.26 Å². The molecule has 0 radical (unpaired) electrons. The molecule has 1 heteroatoms. The van der Waals surface area contributed by atoms with Gasteiger partial charge < -0.3 is 0 Å². The van der Waals surface area contributed by atoms with Gasteiger partial charge in [-0.25, -0.2) is 0 Å². The third-order valence-corrected chi connectivity index (χ3v) is 1.85. The molecule has 1 rings (SSSR count). The van der Waals surface area contributed by atoms with Crippen molar-refractivity contribution in [3.05, 3.63) is 35.4 Å². The van der Waals surface area contributed by atoms with Crippen LogP contribution >= 0.6 is 0 Å². The van der Waals surface area contributed by atoms with Crippen molar-refractivity contribution in [2.75, 3.05) is 0 Å². The molecule has 1 nitrogen and oxygen atoms in total. The Kier molecular flexibility index (Phi) is 2.28. The summed E-state index contributed by atoms with van der Waals surface area (Å²) in [6, 6.07) is 10.2. The Hall–Kier alpha value is -1.29. The van der Waals surface area contributed by atoms with Gasteiger partial charge in [0.25, 0.3) is 0 Å². The first-order valence-corrected chi connectivity index (χ1v) is 3.71. The van der Waals surface area contributed by atoms with Gasteiger partial charge >= 0.3 is 0 Å². The van der Waals surface area contributed by atoms with Gasteiger partial charge in [-0.05, 0) is 25.0 Å². The van der Waals surface area contributed by atoms with E-state index in [1.54, 1.807) is 0 Å². The molecule has 0 heterocycles. The summed E-state index contributed by atoms with van der Waals surface area (Å²) in [7, 11) is 0. The van der Waals surface area contributed by atoms with Crippen molar-refractivity contribution in [3.8, 4) is 6.07 Å². The molecule has 0 aliphatic carbocycles. The van der Waals surface area contributed by atoms with Gasteiger partial charge in [0.05, 0.1) is 12.0 Å². The third-order valence-electron chi connectivity index (χ3n) is 1.85. The maximum absolute atomic E-state index is 8.66. The average molecular weight is 145 g/mol. The van der Waals surface area contributed by atoms with Crippen molar-refractivity contribution < 1.29 is 0 Å². The summed E-state index contributed by atoms with van der Waals surface area (Å²) in [4.78, 5) is 0. The highest BCUT2D eigenvalue weighted by molar-refractivity contribution is 5.31. The SMILES string of the molecule is Cc1ccccc1[C@@H](C)C#N. The predicted molar refractivity (Wildman–Crippen MR) is 45.2 cm³/mol. The summed E-state index contributed by atoms with van der Waals surface area (Å²) in [6.45, 7) is 3.95. The molecule has 0 saturated carbocycles. The van der Waals surface area contributed by atoms with Crippen LogP contribution in [0.2, 0.25) is 0 Å². The van der Waals surface area contributed by atoms with Gasteiger partial charge in [0.2, 0.25) is 0 Å². The zero-order chi connectivity index (χ0) is 8.27. The van der Waals surface area contributed by atoms with E-state index in [9.17, 15) is 0 Å². The molecule has 1 aromatic rings. The Morgan fingerprint density at radius 3 is 2.55 bits per heavy atom. The quantitative estimate of drug-likeness (QED) is 0.596. The Labute approximate surface area is 67.3 Å². The Bertz CT molecular complexity index is 283. The number of nitrogens with zero attached hydrogens (tertiary/aromatic N) is 1. The molecule has 0 fully saturated rings. The second kappa shape index (κ2) is 3.21. The fourth-order valence-electron chi connectivity index (χ4n) is 1.14. The lowest BCUT2D eigenvalue weighted by Gasteiger charge is -2.05. The summed E-state index contributed by atoms with van der Waals surface area (Å²) in [5, 5.41) is 8.66. The van der Waals surface area contributed by atoms with Crippen LogP contribution in [0.25, 0.3) is 0 Å². The molecule has 0 N–H and O–H groups in total. The third kappa shape index (κ3) is 1.59. The van der Waals surface area contributed by atoms with Crippen LogP contribution in [0.5, 0.6) is 0 Å². The van der Waals surface area contributed by atoms with Gasteiger partial charge in [0, 0.05) is 0 Å². The molecular formula is C10H11N. The van der Waals surface area contributed by atoms with Crippen molar-refractivity contribution in [2.24, 2.45) is 0 Å². The lowest BCUT2D eigenvalue weighted by Crippen LogP contribution is -1.91. The smallest absolute Gasteiger partial charge is 0.0700 e. The topological polar surface area (TPSA) is 23.8 Å². The van der Waals surface area contributed by atoms with Crippen molar-refractivity contribution in [1.29, 1.82) is 5.26 Å². The van der Waals surface area contributed by atoms with Crippen molar-refractivity contribution in [1.82, 2.24) is 0 Å². The lowest BCUT2D eigenvalue weighted by atomic mass is 9.98. The number of benzene rings is 1. The zero-order valence-electron chi connectivity index (χ0n) is 6.83. The summed E-state index contributed by atoms with van der Waals surface area (Å²) >= 11 is 0. The summed E-state index contributed by atoms with van der Waals surface area (Å²) in [6.07, 6.45) is 0. The van der Waals surface area contributed by atoms with Gasteiger partial charge in [-0.1, -0.05) is 24.3 Å². The van der Waals surface area contributed by atoms with E-state index in [-0.39, 0.29) is 5.92 Å². The van der Waals surface area contributed by atoms with Crippen LogP contribution < -0.4 is 0 Å². The molecule has 11 heavy (non-hydrogen) atoms. The molecule has 0 spiro atoms. The molecule has 0 aliphatic heterocycles. The summed E-state index contributed by atoms with van der Waals surface area (Å²) < 4.78 is 0. The largest absolute Gasteiger partial charge is 0.198 e. The predicted octanol–water partition coefficient (Wildman–Crippen LogP) is 2.62. The van der Waals surface area contributed by atoms with E-state index >= 15 is 0 Å².